The Morgan fingerprint density at radius 2 is 1.83 bits per heavy atom. The van der Waals surface area contributed by atoms with Gasteiger partial charge in [0.05, 0.1) is 6.04 Å². The lowest BCUT2D eigenvalue weighted by Gasteiger charge is -2.19. The number of carbonyl (C=O) groups excluding carboxylic acids is 2. The van der Waals surface area contributed by atoms with Crippen molar-refractivity contribution in [3.05, 3.63) is 59.4 Å². The monoisotopic (exact) mass is 473 g/mol. The molecule has 182 valence electrons. The molecule has 1 aromatic carbocycles. The second-order valence-electron chi connectivity index (χ2n) is 10.6. The van der Waals surface area contributed by atoms with Crippen molar-refractivity contribution >= 4 is 17.6 Å². The summed E-state index contributed by atoms with van der Waals surface area (Å²) in [6, 6.07) is 10.1. The number of hydrogen-bond donors (Lipinski definition) is 2. The first-order valence-corrected chi connectivity index (χ1v) is 12.3. The number of nitrogens with zero attached hydrogens (tertiary/aromatic N) is 3. The topological polar surface area (TPSA) is 110 Å². The fourth-order valence-corrected chi connectivity index (χ4v) is 4.40. The second kappa shape index (κ2) is 9.24. The first-order valence-electron chi connectivity index (χ1n) is 12.3. The summed E-state index contributed by atoms with van der Waals surface area (Å²) >= 11 is 0. The van der Waals surface area contributed by atoms with Gasteiger partial charge in [-0.2, -0.15) is 4.98 Å². The van der Waals surface area contributed by atoms with E-state index in [9.17, 15) is 9.59 Å². The van der Waals surface area contributed by atoms with Gasteiger partial charge < -0.3 is 15.2 Å². The highest BCUT2D eigenvalue weighted by molar-refractivity contribution is 5.93. The molecule has 2 N–H and O–H groups in total. The third-order valence-electron chi connectivity index (χ3n) is 6.60. The summed E-state index contributed by atoms with van der Waals surface area (Å²) in [5, 5.41) is 10.0. The van der Waals surface area contributed by atoms with Gasteiger partial charge in [-0.1, -0.05) is 50.5 Å². The van der Waals surface area contributed by atoms with Gasteiger partial charge in [0.15, 0.2) is 5.82 Å². The Bertz CT molecular complexity index is 1260. The van der Waals surface area contributed by atoms with Crippen LogP contribution in [0.1, 0.15) is 86.6 Å². The van der Waals surface area contributed by atoms with Gasteiger partial charge in [0.25, 0.3) is 0 Å². The Kier molecular flexibility index (Phi) is 6.13. The molecule has 3 aromatic rings. The number of aromatic nitrogens is 3. The van der Waals surface area contributed by atoms with Crippen molar-refractivity contribution in [3.8, 4) is 11.1 Å². The standard InChI is InChI=1S/C27H31N5O3/c1-27(2,3)26-31-25(35-32-26)24(34)29-21-7-5-4-6-19-14-17(10-11-20(19)21)18-12-13-28-22(15-18)30-23(33)16-8-9-16/h10-16,21H,4-9H2,1-3H3,(H,29,34)(H,28,30,33). The van der Waals surface area contributed by atoms with Crippen LogP contribution in [0.25, 0.3) is 11.1 Å². The minimum absolute atomic E-state index is 0.00472. The largest absolute Gasteiger partial charge is 0.341 e. The SMILES string of the molecule is CC(C)(C)c1noc(C(=O)NC2CCCCc3cc(-c4ccnc(NC(=O)C5CC5)c4)ccc32)n1. The molecule has 2 amide bonds. The molecule has 1 atom stereocenters. The molecule has 8 heteroatoms. The number of rotatable bonds is 5. The van der Waals surface area contributed by atoms with Crippen LogP contribution >= 0.6 is 0 Å². The van der Waals surface area contributed by atoms with Crippen LogP contribution in [-0.4, -0.2) is 26.9 Å². The van der Waals surface area contributed by atoms with E-state index in [1.165, 1.54) is 5.56 Å². The van der Waals surface area contributed by atoms with Crippen LogP contribution in [0.4, 0.5) is 5.82 Å². The first kappa shape index (κ1) is 23.2. The van der Waals surface area contributed by atoms with Crippen LogP contribution in [0.15, 0.2) is 41.1 Å². The molecule has 1 saturated carbocycles. The Labute approximate surface area is 204 Å². The fourth-order valence-electron chi connectivity index (χ4n) is 4.40. The summed E-state index contributed by atoms with van der Waals surface area (Å²) in [6.45, 7) is 5.93. The number of pyridine rings is 1. The molecule has 2 heterocycles. The summed E-state index contributed by atoms with van der Waals surface area (Å²) in [4.78, 5) is 33.6. The molecule has 0 saturated heterocycles. The van der Waals surface area contributed by atoms with Crippen molar-refractivity contribution in [2.75, 3.05) is 5.32 Å². The van der Waals surface area contributed by atoms with Gasteiger partial charge in [0, 0.05) is 17.5 Å². The van der Waals surface area contributed by atoms with Gasteiger partial charge in [-0.15, -0.1) is 0 Å². The third-order valence-corrected chi connectivity index (χ3v) is 6.60. The molecule has 0 radical (unpaired) electrons. The average molecular weight is 474 g/mol. The van der Waals surface area contributed by atoms with E-state index < -0.39 is 0 Å². The number of benzene rings is 1. The summed E-state index contributed by atoms with van der Waals surface area (Å²) in [5.41, 5.74) is 4.10. The molecule has 2 aliphatic rings. The zero-order valence-electron chi connectivity index (χ0n) is 20.4. The molecule has 8 nitrogen and oxygen atoms in total. The Morgan fingerprint density at radius 3 is 2.57 bits per heavy atom. The first-order chi connectivity index (χ1) is 16.8. The molecular weight excluding hydrogens is 442 g/mol. The smallest absolute Gasteiger partial charge is 0.315 e. The Morgan fingerprint density at radius 1 is 1.03 bits per heavy atom. The van der Waals surface area contributed by atoms with Crippen LogP contribution in [0, 0.1) is 5.92 Å². The number of carbonyl (C=O) groups is 2. The molecule has 35 heavy (non-hydrogen) atoms. The van der Waals surface area contributed by atoms with Crippen LogP contribution in [-0.2, 0) is 16.6 Å². The lowest BCUT2D eigenvalue weighted by Crippen LogP contribution is -2.29. The highest BCUT2D eigenvalue weighted by atomic mass is 16.5. The second-order valence-corrected chi connectivity index (χ2v) is 10.6. The molecule has 0 bridgehead atoms. The predicted octanol–water partition coefficient (Wildman–Crippen LogP) is 4.98. The van der Waals surface area contributed by atoms with E-state index in [0.29, 0.717) is 11.6 Å². The molecule has 5 rings (SSSR count). The molecule has 1 fully saturated rings. The molecule has 2 aromatic heterocycles. The lowest BCUT2D eigenvalue weighted by atomic mass is 9.94. The highest BCUT2D eigenvalue weighted by Crippen LogP contribution is 2.34. The Balaban J connectivity index is 1.35. The van der Waals surface area contributed by atoms with E-state index in [1.54, 1.807) is 6.20 Å². The van der Waals surface area contributed by atoms with Gasteiger partial charge in [-0.3, -0.25) is 9.59 Å². The number of aryl methyl sites for hydroxylation is 1. The summed E-state index contributed by atoms with van der Waals surface area (Å²) in [7, 11) is 0. The van der Waals surface area contributed by atoms with Gasteiger partial charge in [0.2, 0.25) is 5.91 Å². The highest BCUT2D eigenvalue weighted by Gasteiger charge is 2.30. The molecule has 0 aliphatic heterocycles. The number of hydrogen-bond acceptors (Lipinski definition) is 6. The normalized spacial score (nSPS) is 17.9. The van der Waals surface area contributed by atoms with E-state index in [2.05, 4.69) is 44.0 Å². The van der Waals surface area contributed by atoms with Crippen molar-refractivity contribution in [2.45, 2.75) is 70.8 Å². The Hall–Kier alpha value is -3.55. The number of amides is 2. The number of anilines is 1. The minimum Gasteiger partial charge on any atom is -0.341 e. The van der Waals surface area contributed by atoms with E-state index in [1.807, 2.05) is 32.9 Å². The van der Waals surface area contributed by atoms with E-state index >= 15 is 0 Å². The maximum atomic E-state index is 12.9. The van der Waals surface area contributed by atoms with Crippen molar-refractivity contribution in [1.29, 1.82) is 0 Å². The summed E-state index contributed by atoms with van der Waals surface area (Å²) in [5.74, 6) is 0.917. The lowest BCUT2D eigenvalue weighted by molar-refractivity contribution is -0.117. The fraction of sp³-hybridized carbons (Fsp3) is 0.444. The zero-order valence-corrected chi connectivity index (χ0v) is 20.4. The van der Waals surface area contributed by atoms with Gasteiger partial charge in [-0.25, -0.2) is 4.98 Å². The van der Waals surface area contributed by atoms with Crippen LogP contribution in [0.3, 0.4) is 0 Å². The van der Waals surface area contributed by atoms with E-state index in [-0.39, 0.29) is 35.1 Å². The van der Waals surface area contributed by atoms with Gasteiger partial charge >= 0.3 is 11.8 Å². The van der Waals surface area contributed by atoms with Crippen molar-refractivity contribution < 1.29 is 14.1 Å². The molecule has 0 spiro atoms. The maximum absolute atomic E-state index is 12.9. The number of nitrogens with one attached hydrogen (secondary N) is 2. The van der Waals surface area contributed by atoms with Crippen LogP contribution < -0.4 is 10.6 Å². The summed E-state index contributed by atoms with van der Waals surface area (Å²) < 4.78 is 5.24. The summed E-state index contributed by atoms with van der Waals surface area (Å²) in [6.07, 6.45) is 7.50. The van der Waals surface area contributed by atoms with Crippen molar-refractivity contribution in [3.63, 3.8) is 0 Å². The molecular formula is C27H31N5O3. The van der Waals surface area contributed by atoms with Gasteiger partial charge in [0.1, 0.15) is 5.82 Å². The molecule has 1 unspecified atom stereocenters. The quantitative estimate of drug-likeness (QED) is 0.506. The molecule has 2 aliphatic carbocycles. The predicted molar refractivity (Wildman–Crippen MR) is 132 cm³/mol. The maximum Gasteiger partial charge on any atom is 0.315 e. The number of fused-ring (bicyclic) bond motifs is 1. The van der Waals surface area contributed by atoms with Gasteiger partial charge in [-0.05, 0) is 66.5 Å². The van der Waals surface area contributed by atoms with Crippen molar-refractivity contribution in [2.24, 2.45) is 5.92 Å². The minimum atomic E-state index is -0.347. The van der Waals surface area contributed by atoms with E-state index in [4.69, 9.17) is 4.52 Å². The van der Waals surface area contributed by atoms with Crippen LogP contribution in [0.2, 0.25) is 0 Å². The third kappa shape index (κ3) is 5.26. The zero-order chi connectivity index (χ0) is 24.6. The van der Waals surface area contributed by atoms with Crippen molar-refractivity contribution in [1.82, 2.24) is 20.4 Å². The van der Waals surface area contributed by atoms with Crippen LogP contribution in [0.5, 0.6) is 0 Å². The average Bonchev–Trinajstić information content (AvgIpc) is 3.59. The van der Waals surface area contributed by atoms with E-state index in [0.717, 1.165) is 55.2 Å².